The van der Waals surface area contributed by atoms with E-state index in [2.05, 4.69) is 15.5 Å². The molecule has 0 unspecified atom stereocenters. The Bertz CT molecular complexity index is 1240. The molecule has 2 aromatic heterocycles. The predicted molar refractivity (Wildman–Crippen MR) is 113 cm³/mol. The summed E-state index contributed by atoms with van der Waals surface area (Å²) in [6.07, 6.45) is 1.56. The Labute approximate surface area is 187 Å². The molecule has 12 heteroatoms. The van der Waals surface area contributed by atoms with Gasteiger partial charge in [-0.1, -0.05) is 12.1 Å². The summed E-state index contributed by atoms with van der Waals surface area (Å²) in [6.45, 7) is 2.15. The minimum atomic E-state index is -3.82. The number of piperidine rings is 1. The number of hydrogen-bond donors (Lipinski definition) is 1. The quantitative estimate of drug-likeness (QED) is 0.575. The lowest BCUT2D eigenvalue weighted by atomic mass is 9.98. The molecule has 3 heterocycles. The summed E-state index contributed by atoms with van der Waals surface area (Å²) in [6, 6.07) is 4.56. The Kier molecular flexibility index (Phi) is 6.35. The normalized spacial score (nSPS) is 17.4. The SMILES string of the molecule is CCc1nc(-c2csc(S(=O)(=O)N3CCC[C@@H](C(=O)Nc4ccc(F)c(F)c4)C3)c2)no1. The Morgan fingerprint density at radius 2 is 2.12 bits per heavy atom. The van der Waals surface area contributed by atoms with Crippen molar-refractivity contribution >= 4 is 33.0 Å². The van der Waals surface area contributed by atoms with E-state index in [0.29, 0.717) is 36.5 Å². The number of benzene rings is 1. The van der Waals surface area contributed by atoms with Gasteiger partial charge in [0.1, 0.15) is 4.21 Å². The molecular weight excluding hydrogens is 462 g/mol. The van der Waals surface area contributed by atoms with Gasteiger partial charge in [0.15, 0.2) is 11.6 Å². The second-order valence-corrected chi connectivity index (χ2v) is 10.4. The van der Waals surface area contributed by atoms with Crippen molar-refractivity contribution in [2.24, 2.45) is 5.92 Å². The zero-order valence-electron chi connectivity index (χ0n) is 17.0. The summed E-state index contributed by atoms with van der Waals surface area (Å²) in [4.78, 5) is 16.8. The molecule has 1 aliphatic rings. The van der Waals surface area contributed by atoms with Gasteiger partial charge >= 0.3 is 0 Å². The number of aromatic nitrogens is 2. The van der Waals surface area contributed by atoms with Crippen LogP contribution in [0, 0.1) is 17.6 Å². The summed E-state index contributed by atoms with van der Waals surface area (Å²) in [5.41, 5.74) is 0.657. The Balaban J connectivity index is 1.47. The summed E-state index contributed by atoms with van der Waals surface area (Å²) >= 11 is 1.05. The van der Waals surface area contributed by atoms with Gasteiger partial charge in [-0.3, -0.25) is 4.79 Å². The summed E-state index contributed by atoms with van der Waals surface area (Å²) in [5.74, 6) is -2.36. The monoisotopic (exact) mass is 482 g/mol. The van der Waals surface area contributed by atoms with Crippen LogP contribution in [-0.2, 0) is 21.2 Å². The molecule has 170 valence electrons. The van der Waals surface area contributed by atoms with Gasteiger partial charge in [-0.2, -0.15) is 9.29 Å². The van der Waals surface area contributed by atoms with Gasteiger partial charge in [-0.05, 0) is 31.0 Å². The molecule has 1 atom stereocenters. The number of thiophene rings is 1. The minimum absolute atomic E-state index is 0.00668. The van der Waals surface area contributed by atoms with Crippen LogP contribution in [0.2, 0.25) is 0 Å². The number of carbonyl (C=O) groups is 1. The second kappa shape index (κ2) is 9.04. The molecule has 0 radical (unpaired) electrons. The molecular formula is C20H20F2N4O4S2. The van der Waals surface area contributed by atoms with Crippen LogP contribution in [0.5, 0.6) is 0 Å². The van der Waals surface area contributed by atoms with Crippen LogP contribution in [-0.4, -0.2) is 41.9 Å². The number of amides is 1. The highest BCUT2D eigenvalue weighted by Crippen LogP contribution is 2.31. The van der Waals surface area contributed by atoms with E-state index in [1.807, 2.05) is 6.92 Å². The Morgan fingerprint density at radius 3 is 2.84 bits per heavy atom. The summed E-state index contributed by atoms with van der Waals surface area (Å²) in [7, 11) is -3.82. The molecule has 1 amide bonds. The number of halogens is 2. The van der Waals surface area contributed by atoms with Crippen molar-refractivity contribution in [3.05, 3.63) is 47.2 Å². The van der Waals surface area contributed by atoms with Gasteiger partial charge in [0, 0.05) is 42.2 Å². The molecule has 32 heavy (non-hydrogen) atoms. The van der Waals surface area contributed by atoms with E-state index in [0.717, 1.165) is 23.5 Å². The maximum Gasteiger partial charge on any atom is 0.252 e. The topological polar surface area (TPSA) is 105 Å². The van der Waals surface area contributed by atoms with E-state index < -0.39 is 33.5 Å². The molecule has 1 aromatic carbocycles. The smallest absolute Gasteiger partial charge is 0.252 e. The lowest BCUT2D eigenvalue weighted by molar-refractivity contribution is -0.120. The van der Waals surface area contributed by atoms with Crippen LogP contribution >= 0.6 is 11.3 Å². The van der Waals surface area contributed by atoms with Crippen LogP contribution < -0.4 is 5.32 Å². The Hall–Kier alpha value is -2.70. The van der Waals surface area contributed by atoms with Crippen molar-refractivity contribution in [3.8, 4) is 11.4 Å². The van der Waals surface area contributed by atoms with Gasteiger partial charge in [-0.25, -0.2) is 17.2 Å². The van der Waals surface area contributed by atoms with Crippen molar-refractivity contribution < 1.29 is 26.5 Å². The first-order chi connectivity index (χ1) is 15.3. The number of carbonyl (C=O) groups excluding carboxylic acids is 1. The van der Waals surface area contributed by atoms with Crippen LogP contribution in [0.15, 0.2) is 38.4 Å². The number of nitrogens with one attached hydrogen (secondary N) is 1. The number of hydrogen-bond acceptors (Lipinski definition) is 7. The molecule has 1 fully saturated rings. The molecule has 0 bridgehead atoms. The Morgan fingerprint density at radius 1 is 1.31 bits per heavy atom. The zero-order chi connectivity index (χ0) is 22.9. The highest BCUT2D eigenvalue weighted by Gasteiger charge is 2.34. The summed E-state index contributed by atoms with van der Waals surface area (Å²) < 4.78 is 59.3. The second-order valence-electron chi connectivity index (χ2n) is 7.34. The fraction of sp³-hybridized carbons (Fsp3) is 0.350. The molecule has 3 aromatic rings. The van der Waals surface area contributed by atoms with E-state index in [1.54, 1.807) is 5.38 Å². The van der Waals surface area contributed by atoms with E-state index >= 15 is 0 Å². The molecule has 1 aliphatic heterocycles. The third kappa shape index (κ3) is 4.57. The molecule has 4 rings (SSSR count). The maximum atomic E-state index is 13.4. The summed E-state index contributed by atoms with van der Waals surface area (Å²) in [5, 5.41) is 8.04. The number of sulfonamides is 1. The van der Waals surface area contributed by atoms with Gasteiger partial charge in [0.2, 0.25) is 17.6 Å². The standard InChI is InChI=1S/C20H20F2N4O4S2/c1-2-17-24-19(25-30-17)13-8-18(31-11-13)32(28,29)26-7-3-4-12(10-26)20(27)23-14-5-6-15(21)16(22)9-14/h5-6,8-9,11-12H,2-4,7,10H2,1H3,(H,23,27)/t12-/m1/s1. The van der Waals surface area contributed by atoms with Crippen molar-refractivity contribution in [3.63, 3.8) is 0 Å². The first-order valence-electron chi connectivity index (χ1n) is 9.95. The lowest BCUT2D eigenvalue weighted by Gasteiger charge is -2.30. The average molecular weight is 483 g/mol. The predicted octanol–water partition coefficient (Wildman–Crippen LogP) is 3.68. The first kappa shape index (κ1) is 22.5. The van der Waals surface area contributed by atoms with Gasteiger partial charge < -0.3 is 9.84 Å². The third-order valence-corrected chi connectivity index (χ3v) is 8.42. The number of nitrogens with zero attached hydrogens (tertiary/aromatic N) is 3. The molecule has 1 saturated heterocycles. The number of aryl methyl sites for hydroxylation is 1. The molecule has 0 spiro atoms. The largest absolute Gasteiger partial charge is 0.339 e. The van der Waals surface area contributed by atoms with E-state index in [9.17, 15) is 22.0 Å². The first-order valence-corrected chi connectivity index (χ1v) is 12.3. The van der Waals surface area contributed by atoms with E-state index in [4.69, 9.17) is 4.52 Å². The van der Waals surface area contributed by atoms with E-state index in [-0.39, 0.29) is 23.0 Å². The minimum Gasteiger partial charge on any atom is -0.339 e. The molecule has 1 N–H and O–H groups in total. The molecule has 0 aliphatic carbocycles. The maximum absolute atomic E-state index is 13.4. The average Bonchev–Trinajstić information content (AvgIpc) is 3.46. The highest BCUT2D eigenvalue weighted by atomic mass is 32.2. The van der Waals surface area contributed by atoms with Crippen LogP contribution in [0.25, 0.3) is 11.4 Å². The zero-order valence-corrected chi connectivity index (χ0v) is 18.7. The lowest BCUT2D eigenvalue weighted by Crippen LogP contribution is -2.43. The van der Waals surface area contributed by atoms with Crippen molar-refractivity contribution in [1.29, 1.82) is 0 Å². The number of rotatable bonds is 6. The van der Waals surface area contributed by atoms with Crippen LogP contribution in [0.3, 0.4) is 0 Å². The van der Waals surface area contributed by atoms with E-state index in [1.165, 1.54) is 16.4 Å². The van der Waals surface area contributed by atoms with Gasteiger partial charge in [-0.15, -0.1) is 11.3 Å². The van der Waals surface area contributed by atoms with Gasteiger partial charge in [0.05, 0.1) is 5.92 Å². The van der Waals surface area contributed by atoms with Crippen molar-refractivity contribution in [2.45, 2.75) is 30.4 Å². The highest BCUT2D eigenvalue weighted by molar-refractivity contribution is 7.91. The van der Waals surface area contributed by atoms with Crippen molar-refractivity contribution in [2.75, 3.05) is 18.4 Å². The molecule has 0 saturated carbocycles. The fourth-order valence-corrected chi connectivity index (χ4v) is 6.24. The van der Waals surface area contributed by atoms with Crippen molar-refractivity contribution in [1.82, 2.24) is 14.4 Å². The third-order valence-electron chi connectivity index (χ3n) is 5.14. The fourth-order valence-electron chi connectivity index (χ4n) is 3.40. The number of anilines is 1. The van der Waals surface area contributed by atoms with Gasteiger partial charge in [0.25, 0.3) is 10.0 Å². The van der Waals surface area contributed by atoms with Crippen LogP contribution in [0.4, 0.5) is 14.5 Å². The molecule has 8 nitrogen and oxygen atoms in total. The van der Waals surface area contributed by atoms with Crippen LogP contribution in [0.1, 0.15) is 25.7 Å².